The molecule has 0 bridgehead atoms. The highest BCUT2D eigenvalue weighted by molar-refractivity contribution is 5.85. The number of nitrogens with two attached hydrogens (primary N) is 2. The van der Waals surface area contributed by atoms with Gasteiger partial charge >= 0.3 is 0 Å². The highest BCUT2D eigenvalue weighted by atomic mass is 35.5. The van der Waals surface area contributed by atoms with Crippen molar-refractivity contribution in [3.05, 3.63) is 0 Å². The van der Waals surface area contributed by atoms with Gasteiger partial charge in [0.1, 0.15) is 12.1 Å². The molecule has 0 aliphatic heterocycles. The number of halogens is 1. The molecule has 0 radical (unpaired) electrons. The van der Waals surface area contributed by atoms with Gasteiger partial charge in [-0.2, -0.15) is 0 Å². The van der Waals surface area contributed by atoms with Crippen molar-refractivity contribution in [3.63, 3.8) is 0 Å². The van der Waals surface area contributed by atoms with E-state index in [1.54, 1.807) is 0 Å². The molecular formula is C16H39ClN4+2. The Hall–Kier alpha value is 0.130. The monoisotopic (exact) mass is 322 g/mol. The van der Waals surface area contributed by atoms with Gasteiger partial charge in [-0.15, -0.1) is 12.4 Å². The summed E-state index contributed by atoms with van der Waals surface area (Å²) in [6.07, 6.45) is 7.78. The standard InChI is InChI=1S/C16H38N4.ClH/c1-19(2,13-7-11-17)15-9-5-6-10-16(15)20(3,4)14-8-12-18;/h15-16H,5-14,17-18H2,1-4H3;1H/q+2;/t15-,16-;/m1./s1. The third kappa shape index (κ3) is 6.03. The van der Waals surface area contributed by atoms with Crippen molar-refractivity contribution < 1.29 is 8.97 Å². The van der Waals surface area contributed by atoms with Crippen LogP contribution in [0.2, 0.25) is 0 Å². The molecule has 1 rings (SSSR count). The fourth-order valence-electron chi connectivity index (χ4n) is 4.05. The lowest BCUT2D eigenvalue weighted by Crippen LogP contribution is -2.65. The Balaban J connectivity index is 0.00000400. The van der Waals surface area contributed by atoms with E-state index >= 15 is 0 Å². The van der Waals surface area contributed by atoms with Crippen LogP contribution >= 0.6 is 12.4 Å². The summed E-state index contributed by atoms with van der Waals surface area (Å²) in [4.78, 5) is 0. The van der Waals surface area contributed by atoms with Crippen molar-refractivity contribution in [1.29, 1.82) is 0 Å². The van der Waals surface area contributed by atoms with E-state index in [2.05, 4.69) is 28.2 Å². The summed E-state index contributed by atoms with van der Waals surface area (Å²) in [6.45, 7) is 4.03. The van der Waals surface area contributed by atoms with Crippen molar-refractivity contribution in [1.82, 2.24) is 0 Å². The molecule has 4 nitrogen and oxygen atoms in total. The molecule has 1 saturated carbocycles. The number of nitrogens with zero attached hydrogens (tertiary/aromatic N) is 2. The zero-order valence-electron chi connectivity index (χ0n) is 14.7. The second-order valence-electron chi connectivity index (χ2n) is 7.71. The van der Waals surface area contributed by atoms with Crippen LogP contribution < -0.4 is 11.5 Å². The first kappa shape index (κ1) is 21.1. The van der Waals surface area contributed by atoms with E-state index in [0.717, 1.165) is 47.0 Å². The molecule has 0 spiro atoms. The van der Waals surface area contributed by atoms with Gasteiger partial charge in [-0.05, 0) is 25.9 Å². The van der Waals surface area contributed by atoms with Crippen molar-refractivity contribution in [2.75, 3.05) is 54.4 Å². The first-order valence-electron chi connectivity index (χ1n) is 8.40. The van der Waals surface area contributed by atoms with Crippen molar-refractivity contribution in [2.45, 2.75) is 50.6 Å². The molecule has 1 aliphatic rings. The lowest BCUT2D eigenvalue weighted by atomic mass is 9.85. The van der Waals surface area contributed by atoms with E-state index in [1.165, 1.54) is 38.8 Å². The molecule has 0 aromatic heterocycles. The molecule has 0 heterocycles. The predicted molar refractivity (Wildman–Crippen MR) is 94.6 cm³/mol. The van der Waals surface area contributed by atoms with Crippen LogP contribution in [-0.2, 0) is 0 Å². The van der Waals surface area contributed by atoms with Gasteiger partial charge in [0.05, 0.1) is 41.3 Å². The van der Waals surface area contributed by atoms with Gasteiger partial charge in [-0.3, -0.25) is 0 Å². The quantitative estimate of drug-likeness (QED) is 0.666. The minimum atomic E-state index is 0. The van der Waals surface area contributed by atoms with Crippen LogP contribution in [0.25, 0.3) is 0 Å². The average Bonchev–Trinajstić information content (AvgIpc) is 2.43. The molecule has 2 atom stereocenters. The molecule has 0 aromatic carbocycles. The highest BCUT2D eigenvalue weighted by Gasteiger charge is 2.45. The average molecular weight is 323 g/mol. The van der Waals surface area contributed by atoms with Crippen molar-refractivity contribution in [3.8, 4) is 0 Å². The fraction of sp³-hybridized carbons (Fsp3) is 1.00. The lowest BCUT2D eigenvalue weighted by molar-refractivity contribution is -0.984. The molecule has 0 amide bonds. The number of hydrogen-bond acceptors (Lipinski definition) is 2. The number of hydrogen-bond donors (Lipinski definition) is 2. The fourth-order valence-corrected chi connectivity index (χ4v) is 4.05. The maximum atomic E-state index is 5.72. The minimum Gasteiger partial charge on any atom is -0.330 e. The zero-order chi connectivity index (χ0) is 15.2. The third-order valence-corrected chi connectivity index (χ3v) is 5.37. The molecule has 4 N–H and O–H groups in total. The number of likely N-dealkylation sites (N-methyl/N-ethyl adjacent to an activating group) is 2. The van der Waals surface area contributed by atoms with Crippen LogP contribution in [-0.4, -0.2) is 75.4 Å². The first-order valence-corrected chi connectivity index (χ1v) is 8.40. The van der Waals surface area contributed by atoms with Gasteiger partial charge in [0, 0.05) is 25.7 Å². The Kier molecular flexibility index (Phi) is 9.37. The smallest absolute Gasteiger partial charge is 0.141 e. The second-order valence-corrected chi connectivity index (χ2v) is 7.71. The van der Waals surface area contributed by atoms with E-state index in [9.17, 15) is 0 Å². The van der Waals surface area contributed by atoms with Crippen molar-refractivity contribution >= 4 is 12.4 Å². The summed E-state index contributed by atoms with van der Waals surface area (Å²) < 4.78 is 2.26. The van der Waals surface area contributed by atoms with E-state index in [-0.39, 0.29) is 12.4 Å². The topological polar surface area (TPSA) is 52.0 Å². The Morgan fingerprint density at radius 1 is 0.762 bits per heavy atom. The highest BCUT2D eigenvalue weighted by Crippen LogP contribution is 2.32. The van der Waals surface area contributed by atoms with Crippen LogP contribution in [0.5, 0.6) is 0 Å². The summed E-state index contributed by atoms with van der Waals surface area (Å²) in [5.41, 5.74) is 11.4. The van der Waals surface area contributed by atoms with Crippen LogP contribution in [0.3, 0.4) is 0 Å². The summed E-state index contributed by atoms with van der Waals surface area (Å²) in [6, 6.07) is 1.53. The Morgan fingerprint density at radius 2 is 1.10 bits per heavy atom. The van der Waals surface area contributed by atoms with E-state index in [0.29, 0.717) is 0 Å². The van der Waals surface area contributed by atoms with E-state index < -0.39 is 0 Å². The van der Waals surface area contributed by atoms with Crippen LogP contribution in [0.15, 0.2) is 0 Å². The van der Waals surface area contributed by atoms with Gasteiger partial charge in [-0.1, -0.05) is 0 Å². The normalized spacial score (nSPS) is 23.7. The summed E-state index contributed by atoms with van der Waals surface area (Å²) >= 11 is 0. The summed E-state index contributed by atoms with van der Waals surface area (Å²) in [5.74, 6) is 0. The summed E-state index contributed by atoms with van der Waals surface area (Å²) in [5, 5.41) is 0. The molecule has 5 heteroatoms. The predicted octanol–water partition coefficient (Wildman–Crippen LogP) is 1.57. The van der Waals surface area contributed by atoms with Crippen LogP contribution in [0.4, 0.5) is 0 Å². The van der Waals surface area contributed by atoms with Gasteiger partial charge in [0.25, 0.3) is 0 Å². The maximum absolute atomic E-state index is 5.72. The first-order chi connectivity index (χ1) is 9.35. The molecule has 128 valence electrons. The van der Waals surface area contributed by atoms with Gasteiger partial charge in [-0.25, -0.2) is 0 Å². The summed E-state index contributed by atoms with van der Waals surface area (Å²) in [7, 11) is 9.62. The molecule has 0 unspecified atom stereocenters. The number of quaternary nitrogens is 2. The second kappa shape index (κ2) is 9.31. The van der Waals surface area contributed by atoms with E-state index in [4.69, 9.17) is 11.5 Å². The van der Waals surface area contributed by atoms with Gasteiger partial charge in [0.15, 0.2) is 0 Å². The molecule has 0 saturated heterocycles. The van der Waals surface area contributed by atoms with Crippen molar-refractivity contribution in [2.24, 2.45) is 11.5 Å². The number of rotatable bonds is 8. The SMILES string of the molecule is C[N+](C)(CCCN)[C@@H]1CCCC[C@H]1[N+](C)(C)CCCN.Cl. The molecule has 1 fully saturated rings. The largest absolute Gasteiger partial charge is 0.330 e. The molecular weight excluding hydrogens is 284 g/mol. The van der Waals surface area contributed by atoms with E-state index in [1.807, 2.05) is 0 Å². The van der Waals surface area contributed by atoms with Crippen LogP contribution in [0.1, 0.15) is 38.5 Å². The Morgan fingerprint density at radius 3 is 1.38 bits per heavy atom. The molecule has 1 aliphatic carbocycles. The minimum absolute atomic E-state index is 0. The zero-order valence-corrected chi connectivity index (χ0v) is 15.5. The lowest BCUT2D eigenvalue weighted by Gasteiger charge is -2.50. The Bertz CT molecular complexity index is 253. The van der Waals surface area contributed by atoms with Gasteiger partial charge < -0.3 is 20.4 Å². The third-order valence-electron chi connectivity index (χ3n) is 5.37. The molecule has 0 aromatic rings. The molecule has 21 heavy (non-hydrogen) atoms. The van der Waals surface area contributed by atoms with Crippen LogP contribution in [0, 0.1) is 0 Å². The maximum Gasteiger partial charge on any atom is 0.141 e. The Labute approximate surface area is 138 Å². The van der Waals surface area contributed by atoms with Gasteiger partial charge in [0.2, 0.25) is 0 Å².